The quantitative estimate of drug-likeness (QED) is 0.868. The maximum atomic E-state index is 13.1. The highest BCUT2D eigenvalue weighted by atomic mass is 19.1. The zero-order valence-corrected chi connectivity index (χ0v) is 10.5. The third kappa shape index (κ3) is 2.57. The molecule has 0 bridgehead atoms. The van der Waals surface area contributed by atoms with Crippen LogP contribution in [0.1, 0.15) is 27.2 Å². The minimum Gasteiger partial charge on any atom is -0.369 e. The van der Waals surface area contributed by atoms with Gasteiger partial charge in [-0.25, -0.2) is 9.37 Å². The number of anilines is 1. The molecule has 0 aliphatic carbocycles. The number of aromatic nitrogens is 2. The molecular weight excluding hydrogens is 217 g/mol. The number of fused-ring (bicyclic) bond motifs is 1. The van der Waals surface area contributed by atoms with E-state index in [1.807, 2.05) is 4.57 Å². The van der Waals surface area contributed by atoms with E-state index in [0.717, 1.165) is 18.5 Å². The summed E-state index contributed by atoms with van der Waals surface area (Å²) in [5.41, 5.74) is 7.62. The van der Waals surface area contributed by atoms with Crippen LogP contribution in [0.15, 0.2) is 18.2 Å². The van der Waals surface area contributed by atoms with Crippen LogP contribution < -0.4 is 5.73 Å². The van der Waals surface area contributed by atoms with Gasteiger partial charge >= 0.3 is 0 Å². The maximum Gasteiger partial charge on any atom is 0.201 e. The standard InChI is InChI=1S/C13H18FN3/c1-13(2,3)6-7-17-11-5-4-9(14)8-10(11)16-12(17)15/h4-5,8H,6-7H2,1-3H3,(H2,15,16). The van der Waals surface area contributed by atoms with Gasteiger partial charge in [-0.15, -0.1) is 0 Å². The van der Waals surface area contributed by atoms with Crippen molar-refractivity contribution in [2.45, 2.75) is 33.7 Å². The van der Waals surface area contributed by atoms with E-state index >= 15 is 0 Å². The molecule has 92 valence electrons. The van der Waals surface area contributed by atoms with E-state index < -0.39 is 0 Å². The second kappa shape index (κ2) is 4.02. The van der Waals surface area contributed by atoms with Crippen molar-refractivity contribution in [1.82, 2.24) is 9.55 Å². The second-order valence-electron chi connectivity index (χ2n) is 5.57. The number of aryl methyl sites for hydroxylation is 1. The van der Waals surface area contributed by atoms with Crippen molar-refractivity contribution in [2.75, 3.05) is 5.73 Å². The molecule has 0 fully saturated rings. The second-order valence-corrected chi connectivity index (χ2v) is 5.57. The molecular formula is C13H18FN3. The smallest absolute Gasteiger partial charge is 0.201 e. The Labute approximate surface area is 100 Å². The Balaban J connectivity index is 2.36. The molecule has 2 aromatic rings. The number of nitrogens with two attached hydrogens (primary N) is 1. The summed E-state index contributed by atoms with van der Waals surface area (Å²) in [6, 6.07) is 4.59. The molecule has 1 heterocycles. The molecule has 1 aromatic heterocycles. The molecule has 3 nitrogen and oxygen atoms in total. The van der Waals surface area contributed by atoms with Gasteiger partial charge in [0.15, 0.2) is 0 Å². The minimum atomic E-state index is -0.280. The molecule has 0 aliphatic heterocycles. The fourth-order valence-corrected chi connectivity index (χ4v) is 1.80. The molecule has 2 N–H and O–H groups in total. The predicted molar refractivity (Wildman–Crippen MR) is 68.2 cm³/mol. The fourth-order valence-electron chi connectivity index (χ4n) is 1.80. The summed E-state index contributed by atoms with van der Waals surface area (Å²) >= 11 is 0. The fraction of sp³-hybridized carbons (Fsp3) is 0.462. The van der Waals surface area contributed by atoms with Gasteiger partial charge in [0, 0.05) is 12.6 Å². The van der Waals surface area contributed by atoms with Crippen LogP contribution in [0.3, 0.4) is 0 Å². The molecule has 0 saturated heterocycles. The summed E-state index contributed by atoms with van der Waals surface area (Å²) in [6.07, 6.45) is 1.00. The number of rotatable bonds is 2. The van der Waals surface area contributed by atoms with Crippen molar-refractivity contribution in [3.05, 3.63) is 24.0 Å². The van der Waals surface area contributed by atoms with Crippen molar-refractivity contribution in [2.24, 2.45) is 5.41 Å². The van der Waals surface area contributed by atoms with E-state index in [1.54, 1.807) is 6.07 Å². The lowest BCUT2D eigenvalue weighted by molar-refractivity contribution is 0.354. The number of benzene rings is 1. The van der Waals surface area contributed by atoms with Gasteiger partial charge in [0.2, 0.25) is 5.95 Å². The number of halogens is 1. The summed E-state index contributed by atoms with van der Waals surface area (Å²) in [7, 11) is 0. The lowest BCUT2D eigenvalue weighted by Gasteiger charge is -2.18. The number of imidazole rings is 1. The highest BCUT2D eigenvalue weighted by Gasteiger charge is 2.13. The van der Waals surface area contributed by atoms with E-state index in [-0.39, 0.29) is 11.2 Å². The first-order chi connectivity index (χ1) is 7.87. The first kappa shape index (κ1) is 11.9. The molecule has 4 heteroatoms. The lowest BCUT2D eigenvalue weighted by Crippen LogP contribution is -2.12. The normalized spacial score (nSPS) is 12.2. The first-order valence-corrected chi connectivity index (χ1v) is 5.78. The van der Waals surface area contributed by atoms with Crippen LogP contribution in [0, 0.1) is 11.2 Å². The SMILES string of the molecule is CC(C)(C)CCn1c(N)nc2cc(F)ccc21. The Bertz CT molecular complexity index is 537. The van der Waals surface area contributed by atoms with E-state index in [4.69, 9.17) is 5.73 Å². The molecule has 0 saturated carbocycles. The molecule has 0 atom stereocenters. The van der Waals surface area contributed by atoms with E-state index in [2.05, 4.69) is 25.8 Å². The van der Waals surface area contributed by atoms with Crippen LogP contribution in [0.2, 0.25) is 0 Å². The molecule has 0 aliphatic rings. The van der Waals surface area contributed by atoms with Crippen molar-refractivity contribution in [1.29, 1.82) is 0 Å². The van der Waals surface area contributed by atoms with Gasteiger partial charge in [0.05, 0.1) is 11.0 Å². The van der Waals surface area contributed by atoms with Gasteiger partial charge in [0.1, 0.15) is 5.82 Å². The molecule has 0 radical (unpaired) electrons. The topological polar surface area (TPSA) is 43.8 Å². The third-order valence-corrected chi connectivity index (χ3v) is 2.83. The largest absolute Gasteiger partial charge is 0.369 e. The zero-order valence-electron chi connectivity index (χ0n) is 10.5. The Morgan fingerprint density at radius 2 is 2.06 bits per heavy atom. The van der Waals surface area contributed by atoms with Gasteiger partial charge in [-0.05, 0) is 24.0 Å². The Kier molecular flexibility index (Phi) is 2.81. The van der Waals surface area contributed by atoms with Crippen LogP contribution >= 0.6 is 0 Å². The van der Waals surface area contributed by atoms with E-state index in [1.165, 1.54) is 12.1 Å². The number of nitrogen functional groups attached to an aromatic ring is 1. The molecule has 0 unspecified atom stereocenters. The Morgan fingerprint density at radius 3 is 2.71 bits per heavy atom. The van der Waals surface area contributed by atoms with E-state index in [9.17, 15) is 4.39 Å². The van der Waals surface area contributed by atoms with Gasteiger partial charge in [-0.1, -0.05) is 20.8 Å². The highest BCUT2D eigenvalue weighted by Crippen LogP contribution is 2.24. The molecule has 0 amide bonds. The molecule has 0 spiro atoms. The third-order valence-electron chi connectivity index (χ3n) is 2.83. The average Bonchev–Trinajstić information content (AvgIpc) is 2.48. The summed E-state index contributed by atoms with van der Waals surface area (Å²) in [4.78, 5) is 4.18. The predicted octanol–water partition coefficient (Wildman–Crippen LogP) is 3.19. The van der Waals surface area contributed by atoms with Crippen LogP contribution in [0.5, 0.6) is 0 Å². The zero-order chi connectivity index (χ0) is 12.6. The van der Waals surface area contributed by atoms with Crippen molar-refractivity contribution >= 4 is 17.0 Å². The summed E-state index contributed by atoms with van der Waals surface area (Å²) in [5, 5.41) is 0. The highest BCUT2D eigenvalue weighted by molar-refractivity contribution is 5.78. The maximum absolute atomic E-state index is 13.1. The van der Waals surface area contributed by atoms with Gasteiger partial charge in [-0.2, -0.15) is 0 Å². The van der Waals surface area contributed by atoms with Gasteiger partial charge in [-0.3, -0.25) is 0 Å². The minimum absolute atomic E-state index is 0.239. The lowest BCUT2D eigenvalue weighted by atomic mass is 9.92. The van der Waals surface area contributed by atoms with Gasteiger partial charge < -0.3 is 10.3 Å². The average molecular weight is 235 g/mol. The summed E-state index contributed by atoms with van der Waals surface area (Å²) in [5.74, 6) is 0.174. The van der Waals surface area contributed by atoms with Crippen LogP contribution in [-0.2, 0) is 6.54 Å². The van der Waals surface area contributed by atoms with Crippen molar-refractivity contribution in [3.63, 3.8) is 0 Å². The summed E-state index contributed by atoms with van der Waals surface area (Å²) in [6.45, 7) is 7.35. The monoisotopic (exact) mass is 235 g/mol. The number of nitrogens with zero attached hydrogens (tertiary/aromatic N) is 2. The van der Waals surface area contributed by atoms with Gasteiger partial charge in [0.25, 0.3) is 0 Å². The number of hydrogen-bond acceptors (Lipinski definition) is 2. The van der Waals surface area contributed by atoms with Crippen molar-refractivity contribution in [3.8, 4) is 0 Å². The Morgan fingerprint density at radius 1 is 1.35 bits per heavy atom. The van der Waals surface area contributed by atoms with Crippen LogP contribution in [0.4, 0.5) is 10.3 Å². The summed E-state index contributed by atoms with van der Waals surface area (Å²) < 4.78 is 15.0. The Hall–Kier alpha value is -1.58. The van der Waals surface area contributed by atoms with E-state index in [0.29, 0.717) is 11.5 Å². The molecule has 1 aromatic carbocycles. The number of hydrogen-bond donors (Lipinski definition) is 1. The molecule has 2 rings (SSSR count). The van der Waals surface area contributed by atoms with Crippen LogP contribution in [0.25, 0.3) is 11.0 Å². The van der Waals surface area contributed by atoms with Crippen LogP contribution in [-0.4, -0.2) is 9.55 Å². The molecule has 17 heavy (non-hydrogen) atoms. The van der Waals surface area contributed by atoms with Crippen molar-refractivity contribution < 1.29 is 4.39 Å². The first-order valence-electron chi connectivity index (χ1n) is 5.78.